The molecule has 0 saturated heterocycles. The smallest absolute Gasteiger partial charge is 0.274 e. The number of rotatable bonds is 4. The number of carbonyl (C=O) groups excluding carboxylic acids is 1. The first-order valence-electron chi connectivity index (χ1n) is 7.88. The van der Waals surface area contributed by atoms with E-state index in [1.54, 1.807) is 13.0 Å². The SMILES string of the molecule is Cc1nc(Nc2c(F)cccc2F)cc(C(=O)Nc2ccccc2C)n1. The number of carbonyl (C=O) groups is 1. The number of benzene rings is 2. The number of aryl methyl sites for hydroxylation is 2. The van der Waals surface area contributed by atoms with Crippen LogP contribution in [0.1, 0.15) is 21.9 Å². The lowest BCUT2D eigenvalue weighted by molar-refractivity contribution is 0.102. The van der Waals surface area contributed by atoms with E-state index in [0.717, 1.165) is 17.7 Å². The number of para-hydroxylation sites is 2. The van der Waals surface area contributed by atoms with E-state index < -0.39 is 17.5 Å². The molecule has 2 N–H and O–H groups in total. The van der Waals surface area contributed by atoms with Gasteiger partial charge in [-0.25, -0.2) is 18.7 Å². The molecule has 0 radical (unpaired) electrons. The molecule has 3 rings (SSSR count). The summed E-state index contributed by atoms with van der Waals surface area (Å²) < 4.78 is 27.6. The summed E-state index contributed by atoms with van der Waals surface area (Å²) in [7, 11) is 0. The molecular formula is C19H16F2N4O. The Morgan fingerprint density at radius 1 is 0.962 bits per heavy atom. The fourth-order valence-corrected chi connectivity index (χ4v) is 2.39. The molecule has 2 aromatic carbocycles. The molecule has 0 aliphatic carbocycles. The molecule has 7 heteroatoms. The highest BCUT2D eigenvalue weighted by Crippen LogP contribution is 2.23. The second-order valence-corrected chi connectivity index (χ2v) is 5.68. The van der Waals surface area contributed by atoms with Gasteiger partial charge in [0.05, 0.1) is 0 Å². The third-order valence-electron chi connectivity index (χ3n) is 3.68. The summed E-state index contributed by atoms with van der Waals surface area (Å²) >= 11 is 0. The first kappa shape index (κ1) is 17.5. The number of aromatic nitrogens is 2. The quantitative estimate of drug-likeness (QED) is 0.730. The highest BCUT2D eigenvalue weighted by Gasteiger charge is 2.14. The summed E-state index contributed by atoms with van der Waals surface area (Å²) in [6, 6.07) is 12.2. The van der Waals surface area contributed by atoms with Crippen LogP contribution in [0.25, 0.3) is 0 Å². The second-order valence-electron chi connectivity index (χ2n) is 5.68. The van der Waals surface area contributed by atoms with Gasteiger partial charge in [-0.1, -0.05) is 24.3 Å². The summed E-state index contributed by atoms with van der Waals surface area (Å²) in [5, 5.41) is 5.33. The number of nitrogens with one attached hydrogen (secondary N) is 2. The third kappa shape index (κ3) is 3.83. The van der Waals surface area contributed by atoms with Crippen LogP contribution < -0.4 is 10.6 Å². The van der Waals surface area contributed by atoms with Crippen molar-refractivity contribution in [3.63, 3.8) is 0 Å². The van der Waals surface area contributed by atoms with Crippen molar-refractivity contribution in [1.29, 1.82) is 0 Å². The fourth-order valence-electron chi connectivity index (χ4n) is 2.39. The summed E-state index contributed by atoms with van der Waals surface area (Å²) in [5.74, 6) is -1.54. The van der Waals surface area contributed by atoms with Gasteiger partial charge in [0.1, 0.15) is 34.7 Å². The van der Waals surface area contributed by atoms with Gasteiger partial charge in [-0.2, -0.15) is 0 Å². The molecule has 132 valence electrons. The molecule has 0 fully saturated rings. The van der Waals surface area contributed by atoms with Crippen molar-refractivity contribution in [2.45, 2.75) is 13.8 Å². The third-order valence-corrected chi connectivity index (χ3v) is 3.68. The minimum atomic E-state index is -0.757. The van der Waals surface area contributed by atoms with E-state index in [9.17, 15) is 13.6 Å². The average Bonchev–Trinajstić information content (AvgIpc) is 2.60. The Kier molecular flexibility index (Phi) is 4.88. The van der Waals surface area contributed by atoms with Crippen molar-refractivity contribution >= 4 is 23.1 Å². The van der Waals surface area contributed by atoms with Gasteiger partial charge < -0.3 is 10.6 Å². The molecule has 0 unspecified atom stereocenters. The summed E-state index contributed by atoms with van der Waals surface area (Å²) in [6.07, 6.45) is 0. The largest absolute Gasteiger partial charge is 0.335 e. The van der Waals surface area contributed by atoms with Crippen LogP contribution in [0, 0.1) is 25.5 Å². The van der Waals surface area contributed by atoms with Crippen LogP contribution in [-0.2, 0) is 0 Å². The maximum atomic E-state index is 13.8. The number of hydrogen-bond donors (Lipinski definition) is 2. The van der Waals surface area contributed by atoms with E-state index in [4.69, 9.17) is 0 Å². The molecule has 1 aromatic heterocycles. The molecule has 0 atom stereocenters. The lowest BCUT2D eigenvalue weighted by Gasteiger charge is -2.11. The zero-order valence-electron chi connectivity index (χ0n) is 14.2. The monoisotopic (exact) mass is 354 g/mol. The average molecular weight is 354 g/mol. The van der Waals surface area contributed by atoms with Crippen molar-refractivity contribution in [2.24, 2.45) is 0 Å². The lowest BCUT2D eigenvalue weighted by atomic mass is 10.2. The predicted octanol–water partition coefficient (Wildman–Crippen LogP) is 4.37. The molecule has 5 nitrogen and oxygen atoms in total. The molecule has 1 amide bonds. The molecular weight excluding hydrogens is 338 g/mol. The molecule has 0 aliphatic heterocycles. The number of hydrogen-bond acceptors (Lipinski definition) is 4. The zero-order valence-corrected chi connectivity index (χ0v) is 14.2. The van der Waals surface area contributed by atoms with Crippen molar-refractivity contribution < 1.29 is 13.6 Å². The molecule has 26 heavy (non-hydrogen) atoms. The molecule has 0 spiro atoms. The number of halogens is 2. The molecule has 1 heterocycles. The van der Waals surface area contributed by atoms with Gasteiger partial charge in [0.2, 0.25) is 0 Å². The maximum absolute atomic E-state index is 13.8. The predicted molar refractivity (Wildman–Crippen MR) is 95.5 cm³/mol. The van der Waals surface area contributed by atoms with Gasteiger partial charge in [0, 0.05) is 11.8 Å². The summed E-state index contributed by atoms with van der Waals surface area (Å²) in [6.45, 7) is 3.46. The van der Waals surface area contributed by atoms with E-state index in [1.807, 2.05) is 25.1 Å². The Hall–Kier alpha value is -3.35. The van der Waals surface area contributed by atoms with Gasteiger partial charge >= 0.3 is 0 Å². The number of amides is 1. The Labute approximate surface area is 149 Å². The van der Waals surface area contributed by atoms with Crippen molar-refractivity contribution in [3.8, 4) is 0 Å². The highest BCUT2D eigenvalue weighted by atomic mass is 19.1. The first-order chi connectivity index (χ1) is 12.4. The first-order valence-corrected chi connectivity index (χ1v) is 7.88. The Morgan fingerprint density at radius 3 is 2.35 bits per heavy atom. The minimum Gasteiger partial charge on any atom is -0.335 e. The van der Waals surface area contributed by atoms with Crippen LogP contribution in [0.5, 0.6) is 0 Å². The second kappa shape index (κ2) is 7.26. The van der Waals surface area contributed by atoms with Crippen molar-refractivity contribution in [1.82, 2.24) is 9.97 Å². The van der Waals surface area contributed by atoms with Crippen LogP contribution in [-0.4, -0.2) is 15.9 Å². The molecule has 0 saturated carbocycles. The number of anilines is 3. The normalized spacial score (nSPS) is 10.5. The van der Waals surface area contributed by atoms with Crippen LogP contribution in [0.15, 0.2) is 48.5 Å². The van der Waals surface area contributed by atoms with Crippen LogP contribution in [0.3, 0.4) is 0 Å². The fraction of sp³-hybridized carbons (Fsp3) is 0.105. The van der Waals surface area contributed by atoms with Crippen molar-refractivity contribution in [3.05, 3.63) is 77.2 Å². The Bertz CT molecular complexity index is 955. The van der Waals surface area contributed by atoms with E-state index >= 15 is 0 Å². The molecule has 0 aliphatic rings. The summed E-state index contributed by atoms with van der Waals surface area (Å²) in [4.78, 5) is 20.7. The minimum absolute atomic E-state index is 0.0833. The summed E-state index contributed by atoms with van der Waals surface area (Å²) in [5.41, 5.74) is 1.30. The standard InChI is InChI=1S/C19H16F2N4O/c1-11-6-3-4-9-15(11)24-19(26)16-10-17(23-12(2)22-16)25-18-13(20)7-5-8-14(18)21/h3-10H,1-2H3,(H,24,26)(H,22,23,25). The van der Waals surface area contributed by atoms with Crippen LogP contribution >= 0.6 is 0 Å². The van der Waals surface area contributed by atoms with Gasteiger partial charge in [-0.15, -0.1) is 0 Å². The van der Waals surface area contributed by atoms with Gasteiger partial charge in [-0.3, -0.25) is 4.79 Å². The van der Waals surface area contributed by atoms with Gasteiger partial charge in [0.25, 0.3) is 5.91 Å². The van der Waals surface area contributed by atoms with Crippen LogP contribution in [0.2, 0.25) is 0 Å². The lowest BCUT2D eigenvalue weighted by Crippen LogP contribution is -2.16. The van der Waals surface area contributed by atoms with Crippen LogP contribution in [0.4, 0.5) is 26.0 Å². The molecule has 0 bridgehead atoms. The van der Waals surface area contributed by atoms with E-state index in [-0.39, 0.29) is 17.2 Å². The molecule has 3 aromatic rings. The van der Waals surface area contributed by atoms with Gasteiger partial charge in [-0.05, 0) is 37.6 Å². The van der Waals surface area contributed by atoms with Crippen molar-refractivity contribution in [2.75, 3.05) is 10.6 Å². The topological polar surface area (TPSA) is 66.9 Å². The van der Waals surface area contributed by atoms with E-state index in [2.05, 4.69) is 20.6 Å². The highest BCUT2D eigenvalue weighted by molar-refractivity contribution is 6.03. The number of nitrogens with zero attached hydrogens (tertiary/aromatic N) is 2. The van der Waals surface area contributed by atoms with E-state index in [1.165, 1.54) is 12.1 Å². The van der Waals surface area contributed by atoms with E-state index in [0.29, 0.717) is 11.5 Å². The Morgan fingerprint density at radius 2 is 1.65 bits per heavy atom. The zero-order chi connectivity index (χ0) is 18.7. The van der Waals surface area contributed by atoms with Gasteiger partial charge in [0.15, 0.2) is 0 Å². The maximum Gasteiger partial charge on any atom is 0.274 e. The Balaban J connectivity index is 1.88.